The van der Waals surface area contributed by atoms with Crippen LogP contribution in [-0.2, 0) is 11.3 Å². The summed E-state index contributed by atoms with van der Waals surface area (Å²) >= 11 is 0. The van der Waals surface area contributed by atoms with Gasteiger partial charge in [-0.05, 0) is 11.0 Å². The maximum absolute atomic E-state index is 14.4. The number of aliphatic hydroxyl groups excluding tert-OH is 1. The van der Waals surface area contributed by atoms with Crippen LogP contribution in [0.3, 0.4) is 0 Å². The highest BCUT2D eigenvalue weighted by Crippen LogP contribution is 2.39. The van der Waals surface area contributed by atoms with Gasteiger partial charge in [0.2, 0.25) is 5.91 Å². The molecule has 0 radical (unpaired) electrons. The molecule has 3 rings (SSSR count). The summed E-state index contributed by atoms with van der Waals surface area (Å²) in [5.74, 6) is 0.0813. The molecule has 0 unspecified atom stereocenters. The standard InChI is InChI=1S/C26H33FN4O2/c1-26(2,3)24(31(23(33)18-32)16-21(27)14-28)25-29-22(20-12-8-5-9-13-20)17-30(25)15-19-10-6-4-7-11-19/h4-13,17,21,24,32H,14-16,18,28H2,1-3H3/t21-,24-/m0/s1. The average Bonchev–Trinajstić information content (AvgIpc) is 3.21. The maximum atomic E-state index is 14.4. The van der Waals surface area contributed by atoms with E-state index < -0.39 is 30.1 Å². The molecule has 176 valence electrons. The lowest BCUT2D eigenvalue weighted by Gasteiger charge is -2.40. The first kappa shape index (κ1) is 24.6. The highest BCUT2D eigenvalue weighted by molar-refractivity contribution is 5.77. The molecule has 0 aliphatic heterocycles. The van der Waals surface area contributed by atoms with E-state index in [9.17, 15) is 14.3 Å². The molecule has 0 spiro atoms. The summed E-state index contributed by atoms with van der Waals surface area (Å²) in [6.07, 6.45) is 0.560. The maximum Gasteiger partial charge on any atom is 0.249 e. The molecular formula is C26H33FN4O2. The van der Waals surface area contributed by atoms with Crippen molar-refractivity contribution in [3.05, 3.63) is 78.2 Å². The fourth-order valence-electron chi connectivity index (χ4n) is 4.03. The van der Waals surface area contributed by atoms with Gasteiger partial charge in [0.05, 0.1) is 18.3 Å². The molecule has 1 aromatic heterocycles. The first-order chi connectivity index (χ1) is 15.7. The smallest absolute Gasteiger partial charge is 0.249 e. The van der Waals surface area contributed by atoms with E-state index in [2.05, 4.69) is 0 Å². The van der Waals surface area contributed by atoms with Gasteiger partial charge in [-0.25, -0.2) is 9.37 Å². The number of aromatic nitrogens is 2. The molecule has 0 aliphatic rings. The number of rotatable bonds is 9. The second-order valence-corrected chi connectivity index (χ2v) is 9.27. The minimum atomic E-state index is -1.41. The third-order valence-corrected chi connectivity index (χ3v) is 5.56. The number of aliphatic hydroxyl groups is 1. The lowest BCUT2D eigenvalue weighted by atomic mass is 9.84. The molecule has 3 aromatic rings. The second-order valence-electron chi connectivity index (χ2n) is 9.27. The summed E-state index contributed by atoms with van der Waals surface area (Å²) in [6.45, 7) is 5.35. The summed E-state index contributed by atoms with van der Waals surface area (Å²) in [7, 11) is 0. The van der Waals surface area contributed by atoms with Crippen LogP contribution in [0.25, 0.3) is 11.3 Å². The summed E-state index contributed by atoms with van der Waals surface area (Å²) in [5.41, 5.74) is 7.82. The van der Waals surface area contributed by atoms with Crippen molar-refractivity contribution in [2.75, 3.05) is 19.7 Å². The van der Waals surface area contributed by atoms with Crippen molar-refractivity contribution >= 4 is 5.91 Å². The van der Waals surface area contributed by atoms with E-state index in [1.165, 1.54) is 4.90 Å². The summed E-state index contributed by atoms with van der Waals surface area (Å²) in [4.78, 5) is 19.1. The molecule has 33 heavy (non-hydrogen) atoms. The zero-order chi connectivity index (χ0) is 24.0. The van der Waals surface area contributed by atoms with Crippen LogP contribution in [0.1, 0.15) is 38.2 Å². The van der Waals surface area contributed by atoms with Crippen LogP contribution in [0.15, 0.2) is 66.9 Å². The van der Waals surface area contributed by atoms with Crippen LogP contribution in [0, 0.1) is 5.41 Å². The Hall–Kier alpha value is -3.03. The number of hydrogen-bond acceptors (Lipinski definition) is 4. The van der Waals surface area contributed by atoms with Gasteiger partial charge in [-0.1, -0.05) is 81.4 Å². The van der Waals surface area contributed by atoms with E-state index in [0.717, 1.165) is 16.8 Å². The zero-order valence-corrected chi connectivity index (χ0v) is 19.5. The van der Waals surface area contributed by atoms with Crippen LogP contribution in [0.5, 0.6) is 0 Å². The second kappa shape index (κ2) is 10.7. The number of carbonyl (C=O) groups excluding carboxylic acids is 1. The first-order valence-electron chi connectivity index (χ1n) is 11.2. The first-order valence-corrected chi connectivity index (χ1v) is 11.2. The number of nitrogens with two attached hydrogens (primary N) is 1. The van der Waals surface area contributed by atoms with Gasteiger partial charge in [0.1, 0.15) is 18.6 Å². The Morgan fingerprint density at radius 2 is 1.73 bits per heavy atom. The van der Waals surface area contributed by atoms with Gasteiger partial charge in [0.15, 0.2) is 0 Å². The molecule has 0 bridgehead atoms. The molecule has 2 aromatic carbocycles. The molecule has 1 heterocycles. The van der Waals surface area contributed by atoms with Crippen LogP contribution < -0.4 is 5.73 Å². The molecule has 3 N–H and O–H groups in total. The third kappa shape index (κ3) is 6.06. The van der Waals surface area contributed by atoms with E-state index in [0.29, 0.717) is 12.4 Å². The van der Waals surface area contributed by atoms with Crippen LogP contribution in [0.2, 0.25) is 0 Å². The van der Waals surface area contributed by atoms with E-state index in [1.807, 2.05) is 92.2 Å². The van der Waals surface area contributed by atoms with Crippen LogP contribution in [-0.4, -0.2) is 51.3 Å². The number of alkyl halides is 1. The molecule has 1 amide bonds. The predicted molar refractivity (Wildman–Crippen MR) is 128 cm³/mol. The number of hydrogen-bond donors (Lipinski definition) is 2. The summed E-state index contributed by atoms with van der Waals surface area (Å²) < 4.78 is 16.4. The molecule has 2 atom stereocenters. The minimum absolute atomic E-state index is 0.209. The molecule has 6 nitrogen and oxygen atoms in total. The fourth-order valence-corrected chi connectivity index (χ4v) is 4.03. The molecular weight excluding hydrogens is 419 g/mol. The lowest BCUT2D eigenvalue weighted by Crippen LogP contribution is -2.47. The van der Waals surface area contributed by atoms with Gasteiger partial charge in [0.25, 0.3) is 0 Å². The molecule has 0 aliphatic carbocycles. The van der Waals surface area contributed by atoms with Gasteiger partial charge < -0.3 is 20.3 Å². The minimum Gasteiger partial charge on any atom is -0.387 e. The average molecular weight is 453 g/mol. The highest BCUT2D eigenvalue weighted by Gasteiger charge is 2.39. The van der Waals surface area contributed by atoms with Crippen LogP contribution >= 0.6 is 0 Å². The Morgan fingerprint density at radius 3 is 2.27 bits per heavy atom. The zero-order valence-electron chi connectivity index (χ0n) is 19.5. The van der Waals surface area contributed by atoms with Crippen LogP contribution in [0.4, 0.5) is 4.39 Å². The van der Waals surface area contributed by atoms with E-state index >= 15 is 0 Å². The summed E-state index contributed by atoms with van der Waals surface area (Å²) in [5, 5.41) is 9.67. The monoisotopic (exact) mass is 452 g/mol. The van der Waals surface area contributed by atoms with Gasteiger partial charge in [0, 0.05) is 24.8 Å². The molecule has 0 fully saturated rings. The van der Waals surface area contributed by atoms with E-state index in [-0.39, 0.29) is 13.1 Å². The van der Waals surface area contributed by atoms with Crippen molar-refractivity contribution < 1.29 is 14.3 Å². The van der Waals surface area contributed by atoms with Crippen molar-refractivity contribution in [2.24, 2.45) is 11.1 Å². The number of halogens is 1. The number of carbonyl (C=O) groups is 1. The SMILES string of the molecule is CC(C)(C)[C@H](c1nc(-c2ccccc2)cn1Cc1ccccc1)N(C[C@@H](F)CN)C(=O)CO. The lowest BCUT2D eigenvalue weighted by molar-refractivity contribution is -0.140. The Balaban J connectivity index is 2.16. The highest BCUT2D eigenvalue weighted by atomic mass is 19.1. The van der Waals surface area contributed by atoms with Crippen molar-refractivity contribution in [1.82, 2.24) is 14.5 Å². The number of amides is 1. The number of benzene rings is 2. The Labute approximate surface area is 194 Å². The molecule has 0 saturated heterocycles. The van der Waals surface area contributed by atoms with E-state index in [4.69, 9.17) is 10.7 Å². The Kier molecular flexibility index (Phi) is 8.00. The fraction of sp³-hybridized carbons (Fsp3) is 0.385. The van der Waals surface area contributed by atoms with Crippen molar-refractivity contribution in [3.63, 3.8) is 0 Å². The van der Waals surface area contributed by atoms with Gasteiger partial charge in [-0.3, -0.25) is 4.79 Å². The Bertz CT molecular complexity index is 1030. The van der Waals surface area contributed by atoms with Gasteiger partial charge in [-0.2, -0.15) is 0 Å². The van der Waals surface area contributed by atoms with Crippen molar-refractivity contribution in [3.8, 4) is 11.3 Å². The quantitative estimate of drug-likeness (QED) is 0.517. The third-order valence-electron chi connectivity index (χ3n) is 5.56. The Morgan fingerprint density at radius 1 is 1.12 bits per heavy atom. The van der Waals surface area contributed by atoms with Crippen molar-refractivity contribution in [1.29, 1.82) is 0 Å². The van der Waals surface area contributed by atoms with Gasteiger partial charge >= 0.3 is 0 Å². The topological polar surface area (TPSA) is 84.4 Å². The van der Waals surface area contributed by atoms with Gasteiger partial charge in [-0.15, -0.1) is 0 Å². The summed E-state index contributed by atoms with van der Waals surface area (Å²) in [6, 6.07) is 19.2. The number of nitrogens with zero attached hydrogens (tertiary/aromatic N) is 3. The van der Waals surface area contributed by atoms with E-state index in [1.54, 1.807) is 0 Å². The van der Waals surface area contributed by atoms with Crippen molar-refractivity contribution in [2.45, 2.75) is 39.5 Å². The molecule has 0 saturated carbocycles. The normalized spacial score (nSPS) is 13.5. The largest absolute Gasteiger partial charge is 0.387 e. The predicted octanol–water partition coefficient (Wildman–Crippen LogP) is 3.80. The number of imidazole rings is 1. The molecule has 7 heteroatoms.